The summed E-state index contributed by atoms with van der Waals surface area (Å²) in [6.07, 6.45) is 6.21. The Kier molecular flexibility index (Phi) is 8.37. The van der Waals surface area contributed by atoms with E-state index in [0.717, 1.165) is 43.4 Å². The first-order valence-electron chi connectivity index (χ1n) is 12.5. The summed E-state index contributed by atoms with van der Waals surface area (Å²) in [7, 11) is -1.80. The normalized spacial score (nSPS) is 27.3. The highest BCUT2D eigenvalue weighted by Crippen LogP contribution is 2.35. The molecule has 0 aromatic heterocycles. The molecule has 3 atom stereocenters. The van der Waals surface area contributed by atoms with Crippen LogP contribution in [-0.4, -0.2) is 62.0 Å². The molecule has 0 bridgehead atoms. The molecule has 1 saturated carbocycles. The van der Waals surface area contributed by atoms with Gasteiger partial charge in [0, 0.05) is 24.7 Å². The van der Waals surface area contributed by atoms with Gasteiger partial charge in [0.15, 0.2) is 0 Å². The maximum atomic E-state index is 12.8. The molecule has 0 radical (unpaired) electrons. The number of aromatic hydroxyl groups is 1. The van der Waals surface area contributed by atoms with Gasteiger partial charge in [-0.1, -0.05) is 24.3 Å². The van der Waals surface area contributed by atoms with Gasteiger partial charge in [-0.05, 0) is 80.3 Å². The highest BCUT2D eigenvalue weighted by Gasteiger charge is 2.40. The van der Waals surface area contributed by atoms with Crippen LogP contribution in [0.15, 0.2) is 48.5 Å². The topological polar surface area (TPSA) is 88.1 Å². The minimum absolute atomic E-state index is 0.0539. The monoisotopic (exact) mass is 502 g/mol. The summed E-state index contributed by atoms with van der Waals surface area (Å²) < 4.78 is 38.8. The van der Waals surface area contributed by atoms with Crippen LogP contribution in [0.25, 0.3) is 0 Å². The zero-order valence-corrected chi connectivity index (χ0v) is 21.7. The summed E-state index contributed by atoms with van der Waals surface area (Å²) in [5, 5.41) is 13.3. The largest absolute Gasteiger partial charge is 0.508 e. The number of rotatable bonds is 9. The highest BCUT2D eigenvalue weighted by molar-refractivity contribution is 7.88. The number of phenols is 1. The highest BCUT2D eigenvalue weighted by atomic mass is 32.2. The lowest BCUT2D eigenvalue weighted by molar-refractivity contribution is 0.00773. The van der Waals surface area contributed by atoms with Crippen LogP contribution in [0.1, 0.15) is 56.1 Å². The lowest BCUT2D eigenvalue weighted by Crippen LogP contribution is -2.48. The first kappa shape index (κ1) is 25.9. The molecule has 7 nitrogen and oxygen atoms in total. The van der Waals surface area contributed by atoms with E-state index in [0.29, 0.717) is 24.8 Å². The van der Waals surface area contributed by atoms with Gasteiger partial charge >= 0.3 is 0 Å². The van der Waals surface area contributed by atoms with Gasteiger partial charge in [0.2, 0.25) is 10.0 Å². The first-order chi connectivity index (χ1) is 16.7. The van der Waals surface area contributed by atoms with Gasteiger partial charge in [0.25, 0.3) is 0 Å². The van der Waals surface area contributed by atoms with Crippen molar-refractivity contribution in [1.82, 2.24) is 9.62 Å². The molecule has 0 amide bonds. The fourth-order valence-electron chi connectivity index (χ4n) is 5.52. The second-order valence-corrected chi connectivity index (χ2v) is 12.0. The molecule has 2 aliphatic rings. The zero-order valence-electron chi connectivity index (χ0n) is 20.9. The molecule has 1 unspecified atom stereocenters. The van der Waals surface area contributed by atoms with Crippen LogP contribution < -0.4 is 10.1 Å². The van der Waals surface area contributed by atoms with E-state index < -0.39 is 10.0 Å². The summed E-state index contributed by atoms with van der Waals surface area (Å²) in [6.45, 7) is 2.92. The number of benzene rings is 2. The van der Waals surface area contributed by atoms with Gasteiger partial charge < -0.3 is 19.9 Å². The summed E-state index contributed by atoms with van der Waals surface area (Å²) in [5.74, 6) is 1.52. The zero-order chi connectivity index (χ0) is 25.0. The molecule has 1 aliphatic heterocycles. The fourth-order valence-corrected chi connectivity index (χ4v) is 6.63. The molecule has 2 aromatic rings. The molecule has 35 heavy (non-hydrogen) atoms. The van der Waals surface area contributed by atoms with Crippen molar-refractivity contribution in [2.45, 2.75) is 75.7 Å². The molecule has 1 heterocycles. The van der Waals surface area contributed by atoms with Crippen LogP contribution in [0, 0.1) is 0 Å². The number of nitrogens with zero attached hydrogens (tertiary/aromatic N) is 1. The third-order valence-corrected chi connectivity index (χ3v) is 8.63. The van der Waals surface area contributed by atoms with Crippen molar-refractivity contribution in [1.29, 1.82) is 0 Å². The van der Waals surface area contributed by atoms with E-state index in [1.165, 1.54) is 11.8 Å². The third-order valence-electron chi connectivity index (χ3n) is 7.38. The Labute approximate surface area is 209 Å². The van der Waals surface area contributed by atoms with E-state index in [4.69, 9.17) is 9.47 Å². The Bertz CT molecular complexity index is 1070. The van der Waals surface area contributed by atoms with Crippen molar-refractivity contribution in [2.24, 2.45) is 0 Å². The Morgan fingerprint density at radius 1 is 1.09 bits per heavy atom. The van der Waals surface area contributed by atoms with Gasteiger partial charge in [-0.15, -0.1) is 0 Å². The molecule has 192 valence electrons. The minimum atomic E-state index is -3.42. The van der Waals surface area contributed by atoms with Gasteiger partial charge in [-0.25, -0.2) is 8.42 Å². The standard InChI is InChI=1S/C27H38N2O5S/c1-19-15-27(29(35(3,31)32)17-20-7-11-24(33-2)12-8-20)26(28-19)18-34-25-13-9-21(10-14-25)22-5-4-6-23(30)16-22/h4-8,11-12,16,19,21,25-28,30H,9-10,13-15,17-18H2,1-3H3/t19-,21-,25+,26+,27?/m1/s1. The number of ether oxygens (including phenoxy) is 2. The predicted molar refractivity (Wildman–Crippen MR) is 137 cm³/mol. The first-order valence-corrected chi connectivity index (χ1v) is 14.3. The van der Waals surface area contributed by atoms with Crippen LogP contribution in [0.3, 0.4) is 0 Å². The lowest BCUT2D eigenvalue weighted by Gasteiger charge is -2.33. The molecular weight excluding hydrogens is 464 g/mol. The summed E-state index contributed by atoms with van der Waals surface area (Å²) in [6, 6.07) is 15.1. The molecule has 2 aromatic carbocycles. The van der Waals surface area contributed by atoms with Gasteiger partial charge in [-0.3, -0.25) is 0 Å². The van der Waals surface area contributed by atoms with Crippen LogP contribution in [-0.2, 0) is 21.3 Å². The fraction of sp³-hybridized carbons (Fsp3) is 0.556. The Hall–Kier alpha value is -2.13. The Morgan fingerprint density at radius 2 is 1.80 bits per heavy atom. The predicted octanol–water partition coefficient (Wildman–Crippen LogP) is 4.02. The molecule has 0 spiro atoms. The maximum Gasteiger partial charge on any atom is 0.211 e. The summed E-state index contributed by atoms with van der Waals surface area (Å²) in [4.78, 5) is 0. The number of nitrogens with one attached hydrogen (secondary N) is 1. The molecule has 8 heteroatoms. The number of methoxy groups -OCH3 is 1. The van der Waals surface area contributed by atoms with Crippen LogP contribution in [0.4, 0.5) is 0 Å². The van der Waals surface area contributed by atoms with Crippen molar-refractivity contribution in [3.05, 3.63) is 59.7 Å². The second-order valence-electron chi connectivity index (χ2n) is 10.0. The number of sulfonamides is 1. The smallest absolute Gasteiger partial charge is 0.211 e. The number of hydrogen-bond donors (Lipinski definition) is 2. The molecule has 2 N–H and O–H groups in total. The molecular formula is C27H38N2O5S. The van der Waals surface area contributed by atoms with Crippen molar-refractivity contribution >= 4 is 10.0 Å². The molecule has 1 saturated heterocycles. The lowest BCUT2D eigenvalue weighted by atomic mass is 9.82. The van der Waals surface area contributed by atoms with Gasteiger partial charge in [-0.2, -0.15) is 4.31 Å². The van der Waals surface area contributed by atoms with Gasteiger partial charge in [0.05, 0.1) is 26.1 Å². The number of hydrogen-bond acceptors (Lipinski definition) is 6. The van der Waals surface area contributed by atoms with Crippen molar-refractivity contribution in [2.75, 3.05) is 20.0 Å². The van der Waals surface area contributed by atoms with Crippen molar-refractivity contribution < 1.29 is 23.0 Å². The third kappa shape index (κ3) is 6.76. The van der Waals surface area contributed by atoms with E-state index in [9.17, 15) is 13.5 Å². The minimum Gasteiger partial charge on any atom is -0.508 e. The average Bonchev–Trinajstić information content (AvgIpc) is 3.21. The van der Waals surface area contributed by atoms with Crippen molar-refractivity contribution in [3.63, 3.8) is 0 Å². The number of phenolic OH excluding ortho intramolecular Hbond substituents is 1. The van der Waals surface area contributed by atoms with E-state index in [-0.39, 0.29) is 24.2 Å². The van der Waals surface area contributed by atoms with Gasteiger partial charge in [0.1, 0.15) is 11.5 Å². The molecule has 1 aliphatic carbocycles. The maximum absolute atomic E-state index is 12.8. The van der Waals surface area contributed by atoms with Crippen molar-refractivity contribution in [3.8, 4) is 11.5 Å². The van der Waals surface area contributed by atoms with Crippen LogP contribution in [0.2, 0.25) is 0 Å². The summed E-state index contributed by atoms with van der Waals surface area (Å²) >= 11 is 0. The van der Waals surface area contributed by atoms with E-state index in [1.54, 1.807) is 17.5 Å². The molecule has 4 rings (SSSR count). The Morgan fingerprint density at radius 3 is 2.43 bits per heavy atom. The average molecular weight is 503 g/mol. The summed E-state index contributed by atoms with van der Waals surface area (Å²) in [5.41, 5.74) is 2.12. The SMILES string of the molecule is COc1ccc(CN(C2C[C@@H](C)N[C@H]2CO[C@H]2CC[C@@H](c3cccc(O)c3)CC2)S(C)(=O)=O)cc1. The van der Waals surface area contributed by atoms with Crippen LogP contribution >= 0.6 is 0 Å². The van der Waals surface area contributed by atoms with E-state index in [1.807, 2.05) is 36.4 Å². The molecule has 2 fully saturated rings. The quantitative estimate of drug-likeness (QED) is 0.538. The van der Waals surface area contributed by atoms with Crippen LogP contribution in [0.5, 0.6) is 11.5 Å². The Balaban J connectivity index is 1.36. The van der Waals surface area contributed by atoms with E-state index in [2.05, 4.69) is 18.3 Å². The van der Waals surface area contributed by atoms with E-state index >= 15 is 0 Å². The second kappa shape index (κ2) is 11.3.